The van der Waals surface area contributed by atoms with Gasteiger partial charge in [-0.05, 0) is 43.0 Å². The number of carbonyl (C=O) groups excluding carboxylic acids is 2. The third-order valence-electron chi connectivity index (χ3n) is 6.50. The van der Waals surface area contributed by atoms with Crippen LogP contribution in [0.2, 0.25) is 0 Å². The first kappa shape index (κ1) is 21.4. The van der Waals surface area contributed by atoms with Crippen LogP contribution in [0, 0.1) is 11.8 Å². The monoisotopic (exact) mass is 424 g/mol. The predicted octanol–water partition coefficient (Wildman–Crippen LogP) is 3.31. The van der Waals surface area contributed by atoms with Crippen LogP contribution in [0.15, 0.2) is 36.7 Å². The zero-order chi connectivity index (χ0) is 22.0. The maximum absolute atomic E-state index is 13.1. The van der Waals surface area contributed by atoms with Crippen molar-refractivity contribution >= 4 is 17.5 Å². The van der Waals surface area contributed by atoms with E-state index >= 15 is 0 Å². The van der Waals surface area contributed by atoms with E-state index in [0.29, 0.717) is 18.4 Å². The number of rotatable bonds is 6. The van der Waals surface area contributed by atoms with Gasteiger partial charge in [-0.2, -0.15) is 0 Å². The number of hydrogen-bond acceptors (Lipinski definition) is 4. The van der Waals surface area contributed by atoms with E-state index in [-0.39, 0.29) is 24.2 Å². The summed E-state index contributed by atoms with van der Waals surface area (Å²) in [6.45, 7) is 7.28. The zero-order valence-corrected chi connectivity index (χ0v) is 18.7. The van der Waals surface area contributed by atoms with Gasteiger partial charge < -0.3 is 19.1 Å². The van der Waals surface area contributed by atoms with Crippen molar-refractivity contribution in [2.45, 2.75) is 45.6 Å². The Hall–Kier alpha value is -2.83. The number of likely N-dealkylation sites (tertiary alicyclic amines) is 1. The first-order chi connectivity index (χ1) is 15.0. The van der Waals surface area contributed by atoms with Gasteiger partial charge in [0.1, 0.15) is 11.6 Å². The molecule has 4 rings (SSSR count). The molecule has 2 aliphatic rings. The van der Waals surface area contributed by atoms with Gasteiger partial charge in [0.15, 0.2) is 0 Å². The number of benzene rings is 1. The molecular formula is C24H32N4O3. The van der Waals surface area contributed by atoms with Gasteiger partial charge in [0.05, 0.1) is 13.0 Å². The normalized spacial score (nSPS) is 20.0. The SMILES string of the molecule is COc1ccc(N2CC(C(=O)N3CCC(Cn4ccnc4C(C)C)CC3)CC2=O)cc1. The van der Waals surface area contributed by atoms with Gasteiger partial charge in [-0.1, -0.05) is 13.8 Å². The number of carbonyl (C=O) groups is 2. The quantitative estimate of drug-likeness (QED) is 0.714. The van der Waals surface area contributed by atoms with Gasteiger partial charge in [-0.3, -0.25) is 9.59 Å². The summed E-state index contributed by atoms with van der Waals surface area (Å²) in [5.41, 5.74) is 0.820. The number of ether oxygens (including phenoxy) is 1. The molecule has 1 unspecified atom stereocenters. The Morgan fingerprint density at radius 3 is 2.55 bits per heavy atom. The van der Waals surface area contributed by atoms with Crippen LogP contribution in [0.3, 0.4) is 0 Å². The third kappa shape index (κ3) is 4.60. The van der Waals surface area contributed by atoms with Crippen LogP contribution in [0.4, 0.5) is 5.69 Å². The average Bonchev–Trinajstić information content (AvgIpc) is 3.40. The molecule has 0 N–H and O–H groups in total. The highest BCUT2D eigenvalue weighted by atomic mass is 16.5. The van der Waals surface area contributed by atoms with Crippen molar-refractivity contribution in [2.24, 2.45) is 11.8 Å². The van der Waals surface area contributed by atoms with Crippen LogP contribution >= 0.6 is 0 Å². The van der Waals surface area contributed by atoms with E-state index in [9.17, 15) is 9.59 Å². The van der Waals surface area contributed by atoms with Crippen molar-refractivity contribution in [1.29, 1.82) is 0 Å². The molecule has 1 aromatic heterocycles. The molecule has 2 saturated heterocycles. The van der Waals surface area contributed by atoms with Gasteiger partial charge >= 0.3 is 0 Å². The molecule has 2 aromatic rings. The molecule has 0 saturated carbocycles. The summed E-state index contributed by atoms with van der Waals surface area (Å²) in [5.74, 6) is 2.71. The van der Waals surface area contributed by atoms with Gasteiger partial charge in [0.25, 0.3) is 0 Å². The van der Waals surface area contributed by atoms with E-state index in [1.807, 2.05) is 35.4 Å². The van der Waals surface area contributed by atoms with Crippen molar-refractivity contribution in [1.82, 2.24) is 14.5 Å². The van der Waals surface area contributed by atoms with E-state index in [1.54, 1.807) is 12.0 Å². The Morgan fingerprint density at radius 2 is 1.90 bits per heavy atom. The lowest BCUT2D eigenvalue weighted by atomic mass is 9.95. The number of piperidine rings is 1. The Labute approximate surface area is 184 Å². The molecule has 0 bridgehead atoms. The standard InChI is InChI=1S/C24H32N4O3/c1-17(2)23-25-10-13-27(23)15-18-8-11-26(12-9-18)24(30)19-14-22(29)28(16-19)20-4-6-21(31-3)7-5-20/h4-7,10,13,17-19H,8-9,11-12,14-16H2,1-3H3. The Bertz CT molecular complexity index is 913. The minimum Gasteiger partial charge on any atom is -0.497 e. The second kappa shape index (κ2) is 9.12. The lowest BCUT2D eigenvalue weighted by molar-refractivity contribution is -0.137. The van der Waals surface area contributed by atoms with Crippen molar-refractivity contribution in [3.8, 4) is 5.75 Å². The van der Waals surface area contributed by atoms with Crippen LogP contribution in [0.5, 0.6) is 5.75 Å². The fourth-order valence-electron chi connectivity index (χ4n) is 4.73. The first-order valence-corrected chi connectivity index (χ1v) is 11.2. The second-order valence-electron chi connectivity index (χ2n) is 8.96. The van der Waals surface area contributed by atoms with Crippen LogP contribution < -0.4 is 9.64 Å². The fraction of sp³-hybridized carbons (Fsp3) is 0.542. The fourth-order valence-corrected chi connectivity index (χ4v) is 4.73. The largest absolute Gasteiger partial charge is 0.497 e. The molecule has 31 heavy (non-hydrogen) atoms. The Morgan fingerprint density at radius 1 is 1.19 bits per heavy atom. The van der Waals surface area contributed by atoms with Crippen molar-refractivity contribution in [3.05, 3.63) is 42.5 Å². The maximum atomic E-state index is 13.1. The molecule has 0 spiro atoms. The molecule has 1 aromatic carbocycles. The van der Waals surface area contributed by atoms with Crippen molar-refractivity contribution in [2.75, 3.05) is 31.6 Å². The van der Waals surface area contributed by atoms with Gasteiger partial charge in [0, 0.05) is 56.6 Å². The highest BCUT2D eigenvalue weighted by molar-refractivity contribution is 6.00. The molecule has 2 amide bonds. The molecule has 166 valence electrons. The molecule has 2 aliphatic heterocycles. The zero-order valence-electron chi connectivity index (χ0n) is 18.7. The number of aromatic nitrogens is 2. The van der Waals surface area contributed by atoms with Gasteiger partial charge in [-0.15, -0.1) is 0 Å². The summed E-state index contributed by atoms with van der Waals surface area (Å²) in [6.07, 6.45) is 6.20. The summed E-state index contributed by atoms with van der Waals surface area (Å²) >= 11 is 0. The maximum Gasteiger partial charge on any atom is 0.228 e. The van der Waals surface area contributed by atoms with E-state index in [4.69, 9.17) is 4.74 Å². The van der Waals surface area contributed by atoms with Crippen LogP contribution in [-0.2, 0) is 16.1 Å². The summed E-state index contributed by atoms with van der Waals surface area (Å²) < 4.78 is 7.45. The molecule has 1 atom stereocenters. The van der Waals surface area contributed by atoms with Crippen molar-refractivity contribution in [3.63, 3.8) is 0 Å². The predicted molar refractivity (Wildman–Crippen MR) is 119 cm³/mol. The lowest BCUT2D eigenvalue weighted by Crippen LogP contribution is -2.43. The number of imidazole rings is 1. The molecule has 2 fully saturated rings. The first-order valence-electron chi connectivity index (χ1n) is 11.2. The summed E-state index contributed by atoms with van der Waals surface area (Å²) in [6, 6.07) is 7.42. The number of anilines is 1. The van der Waals surface area contributed by atoms with Crippen LogP contribution in [-0.4, -0.2) is 53.0 Å². The van der Waals surface area contributed by atoms with Gasteiger partial charge in [0.2, 0.25) is 11.8 Å². The molecule has 7 nitrogen and oxygen atoms in total. The van der Waals surface area contributed by atoms with Crippen LogP contribution in [0.25, 0.3) is 0 Å². The minimum absolute atomic E-state index is 0.0136. The number of nitrogens with zero attached hydrogens (tertiary/aromatic N) is 4. The second-order valence-corrected chi connectivity index (χ2v) is 8.96. The number of amides is 2. The Balaban J connectivity index is 1.31. The molecular weight excluding hydrogens is 392 g/mol. The van der Waals surface area contributed by atoms with Crippen LogP contribution in [0.1, 0.15) is 44.9 Å². The number of methoxy groups -OCH3 is 1. The highest BCUT2D eigenvalue weighted by Crippen LogP contribution is 2.29. The van der Waals surface area contributed by atoms with E-state index in [1.165, 1.54) is 0 Å². The Kier molecular flexibility index (Phi) is 6.30. The molecule has 3 heterocycles. The van der Waals surface area contributed by atoms with E-state index in [0.717, 1.165) is 49.7 Å². The molecule has 0 aliphatic carbocycles. The summed E-state index contributed by atoms with van der Waals surface area (Å²) in [4.78, 5) is 33.8. The minimum atomic E-state index is -0.257. The molecule has 0 radical (unpaired) electrons. The molecule has 7 heteroatoms. The third-order valence-corrected chi connectivity index (χ3v) is 6.50. The lowest BCUT2D eigenvalue weighted by Gasteiger charge is -2.34. The highest BCUT2D eigenvalue weighted by Gasteiger charge is 2.38. The van der Waals surface area contributed by atoms with E-state index < -0.39 is 0 Å². The smallest absolute Gasteiger partial charge is 0.228 e. The average molecular weight is 425 g/mol. The van der Waals surface area contributed by atoms with Gasteiger partial charge in [-0.25, -0.2) is 4.98 Å². The summed E-state index contributed by atoms with van der Waals surface area (Å²) in [5, 5.41) is 0. The summed E-state index contributed by atoms with van der Waals surface area (Å²) in [7, 11) is 1.62. The van der Waals surface area contributed by atoms with Crippen molar-refractivity contribution < 1.29 is 14.3 Å². The van der Waals surface area contributed by atoms with E-state index in [2.05, 4.69) is 29.6 Å². The number of hydrogen-bond donors (Lipinski definition) is 0. The topological polar surface area (TPSA) is 67.7 Å².